The van der Waals surface area contributed by atoms with E-state index < -0.39 is 4.92 Å². The van der Waals surface area contributed by atoms with Gasteiger partial charge in [0.2, 0.25) is 5.82 Å². The van der Waals surface area contributed by atoms with E-state index in [0.717, 1.165) is 13.1 Å². The Hall–Kier alpha value is -2.26. The number of rotatable bonds is 4. The van der Waals surface area contributed by atoms with Gasteiger partial charge >= 0.3 is 5.69 Å². The van der Waals surface area contributed by atoms with Crippen LogP contribution in [0.1, 0.15) is 18.5 Å². The van der Waals surface area contributed by atoms with Gasteiger partial charge < -0.3 is 10.6 Å². The van der Waals surface area contributed by atoms with E-state index in [1.54, 1.807) is 12.4 Å². The molecule has 132 valence electrons. The van der Waals surface area contributed by atoms with Crippen molar-refractivity contribution in [2.24, 2.45) is 0 Å². The van der Waals surface area contributed by atoms with Crippen LogP contribution in [0.2, 0.25) is 0 Å². The molecule has 3 rings (SSSR count). The first-order valence-electron chi connectivity index (χ1n) is 7.96. The zero-order valence-electron chi connectivity index (χ0n) is 13.8. The van der Waals surface area contributed by atoms with Crippen molar-refractivity contribution >= 4 is 33.1 Å². The van der Waals surface area contributed by atoms with Gasteiger partial charge in [-0.15, -0.1) is 0 Å². The second-order valence-electron chi connectivity index (χ2n) is 5.93. The van der Waals surface area contributed by atoms with Gasteiger partial charge in [-0.1, -0.05) is 0 Å². The van der Waals surface area contributed by atoms with Crippen LogP contribution >= 0.6 is 15.9 Å². The Morgan fingerprint density at radius 1 is 1.28 bits per heavy atom. The van der Waals surface area contributed by atoms with Crippen LogP contribution < -0.4 is 10.6 Å². The second-order valence-corrected chi connectivity index (χ2v) is 6.78. The lowest BCUT2D eigenvalue weighted by atomic mass is 10.1. The SMILES string of the molecule is C[C@H](c1ccncc1)N1CCN(c2c(Br)cnc(N)c2[N+](=O)[O-])CC1. The molecule has 9 heteroatoms. The number of hydrogen-bond acceptors (Lipinski definition) is 7. The van der Waals surface area contributed by atoms with Crippen LogP contribution in [0.25, 0.3) is 0 Å². The van der Waals surface area contributed by atoms with E-state index >= 15 is 0 Å². The third-order valence-corrected chi connectivity index (χ3v) is 5.14. The van der Waals surface area contributed by atoms with E-state index in [-0.39, 0.29) is 17.5 Å². The summed E-state index contributed by atoms with van der Waals surface area (Å²) < 4.78 is 0.587. The number of halogens is 1. The van der Waals surface area contributed by atoms with Gasteiger partial charge in [-0.25, -0.2) is 4.98 Å². The number of nitro groups is 1. The number of nitrogen functional groups attached to an aromatic ring is 1. The molecule has 0 aliphatic carbocycles. The fourth-order valence-corrected chi connectivity index (χ4v) is 3.69. The molecule has 0 aromatic carbocycles. The second kappa shape index (κ2) is 7.32. The van der Waals surface area contributed by atoms with Crippen LogP contribution in [0.15, 0.2) is 35.2 Å². The summed E-state index contributed by atoms with van der Waals surface area (Å²) in [6.45, 7) is 5.12. The van der Waals surface area contributed by atoms with Gasteiger partial charge in [0.1, 0.15) is 5.69 Å². The van der Waals surface area contributed by atoms with Crippen LogP contribution in [0.5, 0.6) is 0 Å². The van der Waals surface area contributed by atoms with Crippen molar-refractivity contribution in [2.45, 2.75) is 13.0 Å². The molecule has 0 spiro atoms. The summed E-state index contributed by atoms with van der Waals surface area (Å²) in [6, 6.07) is 4.30. The highest BCUT2D eigenvalue weighted by Crippen LogP contribution is 2.39. The third-order valence-electron chi connectivity index (χ3n) is 4.56. The standard InChI is InChI=1S/C16H19BrN6O2/c1-11(12-2-4-19-5-3-12)21-6-8-22(9-7-21)14-13(17)10-20-16(18)15(14)23(24)25/h2-5,10-11H,6-9H2,1H3,(H2,18,20)/t11-/m1/s1. The first-order valence-corrected chi connectivity index (χ1v) is 8.75. The summed E-state index contributed by atoms with van der Waals surface area (Å²) in [4.78, 5) is 23.2. The van der Waals surface area contributed by atoms with Gasteiger partial charge in [0, 0.05) is 50.8 Å². The fourth-order valence-electron chi connectivity index (χ4n) is 3.15. The summed E-state index contributed by atoms with van der Waals surface area (Å²) in [5, 5.41) is 11.4. The number of nitrogens with two attached hydrogens (primary N) is 1. The third kappa shape index (κ3) is 3.57. The Labute approximate surface area is 153 Å². The molecule has 2 aromatic heterocycles. The summed E-state index contributed by atoms with van der Waals surface area (Å²) in [6.07, 6.45) is 5.11. The van der Waals surface area contributed by atoms with Crippen molar-refractivity contribution in [3.05, 3.63) is 50.9 Å². The van der Waals surface area contributed by atoms with Crippen LogP contribution in [-0.4, -0.2) is 46.0 Å². The molecule has 2 N–H and O–H groups in total. The Morgan fingerprint density at radius 2 is 1.92 bits per heavy atom. The zero-order valence-corrected chi connectivity index (χ0v) is 15.4. The van der Waals surface area contributed by atoms with Crippen LogP contribution in [0.3, 0.4) is 0 Å². The fraction of sp³-hybridized carbons (Fsp3) is 0.375. The van der Waals surface area contributed by atoms with Crippen molar-refractivity contribution in [2.75, 3.05) is 36.8 Å². The normalized spacial score (nSPS) is 16.6. The molecule has 2 aromatic rings. The molecule has 1 saturated heterocycles. The average molecular weight is 407 g/mol. The van der Waals surface area contributed by atoms with E-state index in [4.69, 9.17) is 5.73 Å². The van der Waals surface area contributed by atoms with Gasteiger partial charge in [0.15, 0.2) is 0 Å². The van der Waals surface area contributed by atoms with Gasteiger partial charge in [0.25, 0.3) is 0 Å². The minimum atomic E-state index is -0.464. The zero-order chi connectivity index (χ0) is 18.0. The molecule has 0 saturated carbocycles. The largest absolute Gasteiger partial charge is 0.378 e. The van der Waals surface area contributed by atoms with Gasteiger partial charge in [-0.05, 0) is 40.5 Å². The van der Waals surface area contributed by atoms with Crippen molar-refractivity contribution in [3.63, 3.8) is 0 Å². The van der Waals surface area contributed by atoms with Crippen LogP contribution in [0, 0.1) is 10.1 Å². The van der Waals surface area contributed by atoms with Gasteiger partial charge in [-0.3, -0.25) is 20.0 Å². The molecule has 0 amide bonds. The smallest absolute Gasteiger partial charge is 0.335 e. The van der Waals surface area contributed by atoms with Crippen molar-refractivity contribution < 1.29 is 4.92 Å². The maximum absolute atomic E-state index is 11.4. The Bertz CT molecular complexity index is 765. The van der Waals surface area contributed by atoms with E-state index in [1.807, 2.05) is 17.0 Å². The lowest BCUT2D eigenvalue weighted by Gasteiger charge is -2.39. The lowest BCUT2D eigenvalue weighted by Crippen LogP contribution is -2.47. The van der Waals surface area contributed by atoms with Crippen molar-refractivity contribution in [3.8, 4) is 0 Å². The molecule has 0 bridgehead atoms. The maximum atomic E-state index is 11.4. The van der Waals surface area contributed by atoms with Crippen molar-refractivity contribution in [1.82, 2.24) is 14.9 Å². The average Bonchev–Trinajstić information content (AvgIpc) is 2.63. The number of pyridine rings is 2. The number of nitrogens with zero attached hydrogens (tertiary/aromatic N) is 5. The molecular weight excluding hydrogens is 388 g/mol. The summed E-state index contributed by atoms with van der Waals surface area (Å²) in [5.74, 6) is -0.0595. The molecule has 8 nitrogen and oxygen atoms in total. The molecule has 25 heavy (non-hydrogen) atoms. The van der Waals surface area contributed by atoms with E-state index in [9.17, 15) is 10.1 Å². The van der Waals surface area contributed by atoms with E-state index in [0.29, 0.717) is 23.2 Å². The lowest BCUT2D eigenvalue weighted by molar-refractivity contribution is -0.383. The minimum Gasteiger partial charge on any atom is -0.378 e. The Balaban J connectivity index is 1.77. The first-order chi connectivity index (χ1) is 12.0. The molecule has 1 atom stereocenters. The summed E-state index contributed by atoms with van der Waals surface area (Å²) >= 11 is 3.38. The van der Waals surface area contributed by atoms with E-state index in [1.165, 1.54) is 11.8 Å². The molecule has 1 aliphatic rings. The highest BCUT2D eigenvalue weighted by molar-refractivity contribution is 9.10. The molecule has 0 unspecified atom stereocenters. The molecular formula is C16H19BrN6O2. The summed E-state index contributed by atoms with van der Waals surface area (Å²) in [5.41, 5.74) is 7.32. The van der Waals surface area contributed by atoms with Gasteiger partial charge in [0.05, 0.1) is 9.40 Å². The van der Waals surface area contributed by atoms with Crippen LogP contribution in [0.4, 0.5) is 17.2 Å². The predicted octanol–water partition coefficient (Wildman–Crippen LogP) is 2.61. The molecule has 1 fully saturated rings. The molecule has 0 radical (unpaired) electrons. The Kier molecular flexibility index (Phi) is 5.14. The number of piperazine rings is 1. The van der Waals surface area contributed by atoms with E-state index in [2.05, 4.69) is 37.7 Å². The maximum Gasteiger partial charge on any atom is 0.335 e. The highest BCUT2D eigenvalue weighted by atomic mass is 79.9. The first kappa shape index (κ1) is 17.6. The predicted molar refractivity (Wildman–Crippen MR) is 99.4 cm³/mol. The van der Waals surface area contributed by atoms with Crippen LogP contribution in [-0.2, 0) is 0 Å². The number of hydrogen-bond donors (Lipinski definition) is 1. The topological polar surface area (TPSA) is 101 Å². The molecule has 1 aliphatic heterocycles. The minimum absolute atomic E-state index is 0.0595. The quantitative estimate of drug-likeness (QED) is 0.614. The monoisotopic (exact) mass is 406 g/mol. The highest BCUT2D eigenvalue weighted by Gasteiger charge is 2.30. The number of anilines is 2. The Morgan fingerprint density at radius 3 is 2.52 bits per heavy atom. The van der Waals surface area contributed by atoms with Crippen molar-refractivity contribution in [1.29, 1.82) is 0 Å². The number of aromatic nitrogens is 2. The molecule has 3 heterocycles. The van der Waals surface area contributed by atoms with Gasteiger partial charge in [-0.2, -0.15) is 0 Å². The summed E-state index contributed by atoms with van der Waals surface area (Å²) in [7, 11) is 0.